The lowest BCUT2D eigenvalue weighted by Crippen LogP contribution is -2.42. The third-order valence-electron chi connectivity index (χ3n) is 6.13. The predicted molar refractivity (Wildman–Crippen MR) is 129 cm³/mol. The summed E-state index contributed by atoms with van der Waals surface area (Å²) in [6, 6.07) is 17.2. The van der Waals surface area contributed by atoms with E-state index in [9.17, 15) is 9.59 Å². The lowest BCUT2D eigenvalue weighted by atomic mass is 9.91. The topological polar surface area (TPSA) is 64.4 Å². The molecule has 1 amide bonds. The molecule has 1 aliphatic heterocycles. The summed E-state index contributed by atoms with van der Waals surface area (Å²) in [5, 5.41) is 4.55. The monoisotopic (exact) mass is 445 g/mol. The van der Waals surface area contributed by atoms with Gasteiger partial charge < -0.3 is 9.64 Å². The van der Waals surface area contributed by atoms with Crippen LogP contribution in [0, 0.1) is 18.8 Å². The summed E-state index contributed by atoms with van der Waals surface area (Å²) in [7, 11) is 0. The van der Waals surface area contributed by atoms with E-state index in [2.05, 4.69) is 18.9 Å². The van der Waals surface area contributed by atoms with Gasteiger partial charge in [-0.25, -0.2) is 9.48 Å². The Morgan fingerprint density at radius 3 is 2.33 bits per heavy atom. The summed E-state index contributed by atoms with van der Waals surface area (Å²) < 4.78 is 6.91. The van der Waals surface area contributed by atoms with Crippen molar-refractivity contribution < 1.29 is 14.3 Å². The fourth-order valence-electron chi connectivity index (χ4n) is 4.69. The number of likely N-dealkylation sites (tertiary alicyclic amines) is 1. The maximum absolute atomic E-state index is 13.1. The average molecular weight is 446 g/mol. The quantitative estimate of drug-likeness (QED) is 0.510. The Hall–Kier alpha value is -3.41. The molecule has 0 saturated carbocycles. The number of benzene rings is 2. The van der Waals surface area contributed by atoms with Gasteiger partial charge in [0, 0.05) is 24.2 Å². The molecule has 6 nitrogen and oxygen atoms in total. The Bertz CT molecular complexity index is 1140. The number of rotatable bonds is 5. The van der Waals surface area contributed by atoms with E-state index in [4.69, 9.17) is 4.74 Å². The summed E-state index contributed by atoms with van der Waals surface area (Å²) in [6.45, 7) is 10.1. The number of hydrogen-bond donors (Lipinski definition) is 0. The van der Waals surface area contributed by atoms with E-state index < -0.39 is 5.97 Å². The number of carbonyl (C=O) groups excluding carboxylic acids is 2. The van der Waals surface area contributed by atoms with E-state index in [-0.39, 0.29) is 18.2 Å². The molecule has 1 saturated heterocycles. The highest BCUT2D eigenvalue weighted by molar-refractivity contribution is 5.94. The van der Waals surface area contributed by atoms with Crippen LogP contribution in [0.3, 0.4) is 0 Å². The number of nitrogens with zero attached hydrogens (tertiary/aromatic N) is 3. The molecule has 0 unspecified atom stereocenters. The van der Waals surface area contributed by atoms with Crippen LogP contribution in [0.25, 0.3) is 16.9 Å². The number of aromatic nitrogens is 2. The summed E-state index contributed by atoms with van der Waals surface area (Å²) >= 11 is 0. The Balaban J connectivity index is 1.68. The number of hydrogen-bond acceptors (Lipinski definition) is 4. The smallest absolute Gasteiger partial charge is 0.358 e. The van der Waals surface area contributed by atoms with Gasteiger partial charge in [0.1, 0.15) is 0 Å². The maximum atomic E-state index is 13.1. The van der Waals surface area contributed by atoms with Crippen LogP contribution in [0.15, 0.2) is 54.6 Å². The molecule has 3 aromatic rings. The first-order chi connectivity index (χ1) is 15.9. The SMILES string of the molecule is CCOC(=O)c1cc(-c2ccccc2C)n(-c2ccc(C(=O)N3C[C@H](C)C[C@@H](C)C3)cc2)n1. The van der Waals surface area contributed by atoms with Crippen molar-refractivity contribution in [1.29, 1.82) is 0 Å². The molecule has 0 radical (unpaired) electrons. The predicted octanol–water partition coefficient (Wildman–Crippen LogP) is 5.14. The normalized spacial score (nSPS) is 18.2. The molecule has 0 aliphatic carbocycles. The first kappa shape index (κ1) is 22.8. The molecule has 1 aliphatic rings. The summed E-state index contributed by atoms with van der Waals surface area (Å²) in [5.41, 5.74) is 4.56. The minimum absolute atomic E-state index is 0.0618. The van der Waals surface area contributed by atoms with Crippen molar-refractivity contribution in [3.8, 4) is 16.9 Å². The molecule has 0 N–H and O–H groups in total. The number of amides is 1. The van der Waals surface area contributed by atoms with Crippen molar-refractivity contribution in [2.45, 2.75) is 34.1 Å². The highest BCUT2D eigenvalue weighted by atomic mass is 16.5. The van der Waals surface area contributed by atoms with Crippen LogP contribution in [0.1, 0.15) is 53.6 Å². The zero-order chi connectivity index (χ0) is 23.5. The molecule has 1 aromatic heterocycles. The molecular weight excluding hydrogens is 414 g/mol. The Kier molecular flexibility index (Phi) is 6.63. The molecule has 2 aromatic carbocycles. The van der Waals surface area contributed by atoms with Gasteiger partial charge in [-0.05, 0) is 68.0 Å². The minimum Gasteiger partial charge on any atom is -0.461 e. The number of ether oxygens (including phenoxy) is 1. The maximum Gasteiger partial charge on any atom is 0.358 e. The van der Waals surface area contributed by atoms with Crippen molar-refractivity contribution >= 4 is 11.9 Å². The van der Waals surface area contributed by atoms with Gasteiger partial charge in [-0.3, -0.25) is 4.79 Å². The number of piperidine rings is 1. The Morgan fingerprint density at radius 1 is 1.03 bits per heavy atom. The van der Waals surface area contributed by atoms with Crippen molar-refractivity contribution in [1.82, 2.24) is 14.7 Å². The van der Waals surface area contributed by atoms with Gasteiger partial charge >= 0.3 is 5.97 Å². The fourth-order valence-corrected chi connectivity index (χ4v) is 4.69. The molecule has 0 bridgehead atoms. The summed E-state index contributed by atoms with van der Waals surface area (Å²) in [5.74, 6) is 0.635. The first-order valence-corrected chi connectivity index (χ1v) is 11.6. The van der Waals surface area contributed by atoms with E-state index in [1.54, 1.807) is 17.7 Å². The third kappa shape index (κ3) is 4.85. The van der Waals surface area contributed by atoms with E-state index in [1.807, 2.05) is 60.4 Å². The second-order valence-electron chi connectivity index (χ2n) is 9.07. The van der Waals surface area contributed by atoms with Crippen LogP contribution in [0.4, 0.5) is 0 Å². The third-order valence-corrected chi connectivity index (χ3v) is 6.13. The second kappa shape index (κ2) is 9.61. The second-order valence-corrected chi connectivity index (χ2v) is 9.07. The van der Waals surface area contributed by atoms with Gasteiger partial charge in [0.05, 0.1) is 18.0 Å². The van der Waals surface area contributed by atoms with Crippen LogP contribution in [0.5, 0.6) is 0 Å². The van der Waals surface area contributed by atoms with E-state index >= 15 is 0 Å². The van der Waals surface area contributed by atoms with E-state index in [0.29, 0.717) is 17.4 Å². The van der Waals surface area contributed by atoms with Gasteiger partial charge in [0.25, 0.3) is 5.91 Å². The van der Waals surface area contributed by atoms with Crippen LogP contribution in [0.2, 0.25) is 0 Å². The molecule has 1 fully saturated rings. The molecule has 33 heavy (non-hydrogen) atoms. The zero-order valence-corrected chi connectivity index (χ0v) is 19.7. The number of carbonyl (C=O) groups is 2. The summed E-state index contributed by atoms with van der Waals surface area (Å²) in [6.07, 6.45) is 1.16. The Labute approximate surface area is 195 Å². The average Bonchev–Trinajstić information content (AvgIpc) is 3.24. The fraction of sp³-hybridized carbons (Fsp3) is 0.370. The molecule has 0 spiro atoms. The lowest BCUT2D eigenvalue weighted by Gasteiger charge is -2.35. The standard InChI is InChI=1S/C27H31N3O3/c1-5-33-27(32)24-15-25(23-9-7-6-8-20(23)4)30(28-24)22-12-10-21(11-13-22)26(31)29-16-18(2)14-19(3)17-29/h6-13,15,18-19H,5,14,16-17H2,1-4H3/t18-,19-/m1/s1. The van der Waals surface area contributed by atoms with Crippen LogP contribution in [-0.4, -0.2) is 46.3 Å². The first-order valence-electron chi connectivity index (χ1n) is 11.6. The minimum atomic E-state index is -0.453. The van der Waals surface area contributed by atoms with E-state index in [0.717, 1.165) is 42.0 Å². The van der Waals surface area contributed by atoms with E-state index in [1.165, 1.54) is 0 Å². The zero-order valence-electron chi connectivity index (χ0n) is 19.7. The largest absolute Gasteiger partial charge is 0.461 e. The molecule has 6 heteroatoms. The van der Waals surface area contributed by atoms with Gasteiger partial charge in [-0.2, -0.15) is 5.10 Å². The van der Waals surface area contributed by atoms with Gasteiger partial charge in [0.2, 0.25) is 0 Å². The number of esters is 1. The van der Waals surface area contributed by atoms with Crippen molar-refractivity contribution in [3.05, 3.63) is 71.4 Å². The Morgan fingerprint density at radius 2 is 1.70 bits per heavy atom. The number of aryl methyl sites for hydroxylation is 1. The molecular formula is C27H31N3O3. The molecule has 4 rings (SSSR count). The van der Waals surface area contributed by atoms with Crippen molar-refractivity contribution in [2.75, 3.05) is 19.7 Å². The molecule has 2 atom stereocenters. The van der Waals surface area contributed by atoms with Gasteiger partial charge in [-0.1, -0.05) is 38.1 Å². The van der Waals surface area contributed by atoms with Gasteiger partial charge in [-0.15, -0.1) is 0 Å². The van der Waals surface area contributed by atoms with Crippen molar-refractivity contribution in [2.24, 2.45) is 11.8 Å². The van der Waals surface area contributed by atoms with Crippen molar-refractivity contribution in [3.63, 3.8) is 0 Å². The van der Waals surface area contributed by atoms with Gasteiger partial charge in [0.15, 0.2) is 5.69 Å². The van der Waals surface area contributed by atoms with Crippen LogP contribution in [-0.2, 0) is 4.74 Å². The lowest BCUT2D eigenvalue weighted by molar-refractivity contribution is 0.0518. The molecule has 172 valence electrons. The highest BCUT2D eigenvalue weighted by Crippen LogP contribution is 2.28. The van der Waals surface area contributed by atoms with Crippen LogP contribution < -0.4 is 0 Å². The van der Waals surface area contributed by atoms with Crippen LogP contribution >= 0.6 is 0 Å². The molecule has 2 heterocycles. The summed E-state index contributed by atoms with van der Waals surface area (Å²) in [4.78, 5) is 27.4. The highest BCUT2D eigenvalue weighted by Gasteiger charge is 2.26.